The minimum atomic E-state index is -0.190. The lowest BCUT2D eigenvalue weighted by Gasteiger charge is -2.23. The molecule has 0 bridgehead atoms. The van der Waals surface area contributed by atoms with Crippen molar-refractivity contribution in [2.45, 2.75) is 20.8 Å². The lowest BCUT2D eigenvalue weighted by atomic mass is 10.1. The Morgan fingerprint density at radius 3 is 2.15 bits per heavy atom. The van der Waals surface area contributed by atoms with Crippen LogP contribution in [0, 0.1) is 0 Å². The van der Waals surface area contributed by atoms with Gasteiger partial charge in [0.1, 0.15) is 11.3 Å². The molecule has 0 unspecified atom stereocenters. The summed E-state index contributed by atoms with van der Waals surface area (Å²) in [5.74, 6) is 1.96. The summed E-state index contributed by atoms with van der Waals surface area (Å²) in [6, 6.07) is 9.20. The number of hydrogen-bond donors (Lipinski definition) is 0. The molecule has 1 aromatic heterocycles. The molecule has 34 heavy (non-hydrogen) atoms. The van der Waals surface area contributed by atoms with Crippen LogP contribution in [0.3, 0.4) is 0 Å². The van der Waals surface area contributed by atoms with E-state index in [4.69, 9.17) is 23.9 Å². The molecular weight excluding hydrogens is 454 g/mol. The molecule has 0 N–H and O–H groups in total. The van der Waals surface area contributed by atoms with E-state index in [1.807, 2.05) is 58.0 Å². The van der Waals surface area contributed by atoms with Crippen molar-refractivity contribution in [2.75, 3.05) is 59.0 Å². The van der Waals surface area contributed by atoms with Crippen LogP contribution in [-0.4, -0.2) is 69.9 Å². The number of carbonyl (C=O) groups excluding carboxylic acids is 1. The molecular formula is C25H33N3O5S. The van der Waals surface area contributed by atoms with Crippen LogP contribution in [0.4, 0.5) is 5.13 Å². The molecule has 0 saturated heterocycles. The third-order valence-electron chi connectivity index (χ3n) is 4.99. The van der Waals surface area contributed by atoms with Crippen LogP contribution in [0.25, 0.3) is 10.2 Å². The van der Waals surface area contributed by atoms with Crippen LogP contribution in [0.2, 0.25) is 0 Å². The summed E-state index contributed by atoms with van der Waals surface area (Å²) in [4.78, 5) is 22.4. The van der Waals surface area contributed by atoms with Gasteiger partial charge in [0.25, 0.3) is 5.91 Å². The summed E-state index contributed by atoms with van der Waals surface area (Å²) in [6.07, 6.45) is 0. The monoisotopic (exact) mass is 487 g/mol. The number of rotatable bonds is 12. The van der Waals surface area contributed by atoms with Crippen LogP contribution in [-0.2, 0) is 0 Å². The largest absolute Gasteiger partial charge is 0.494 e. The van der Waals surface area contributed by atoms with Crippen molar-refractivity contribution in [1.82, 2.24) is 9.88 Å². The first-order valence-corrected chi connectivity index (χ1v) is 12.2. The fourth-order valence-electron chi connectivity index (χ4n) is 3.44. The molecule has 0 aliphatic carbocycles. The van der Waals surface area contributed by atoms with Crippen LogP contribution in [0.1, 0.15) is 31.1 Å². The standard InChI is InChI=1S/C25H33N3O5S/c1-7-31-19-15-17(16-20(32-8-2)23(19)33-9-3)24(29)28(14-13-27(4)5)25-26-22-18(30-6)11-10-12-21(22)34-25/h10-12,15-16H,7-9,13-14H2,1-6H3. The lowest BCUT2D eigenvalue weighted by Crippen LogP contribution is -2.36. The zero-order chi connectivity index (χ0) is 24.7. The second-order valence-electron chi connectivity index (χ2n) is 7.66. The number of para-hydroxylation sites is 1. The zero-order valence-corrected chi connectivity index (χ0v) is 21.5. The van der Waals surface area contributed by atoms with Crippen molar-refractivity contribution in [1.29, 1.82) is 0 Å². The Labute approximate surface area is 205 Å². The van der Waals surface area contributed by atoms with Crippen LogP contribution >= 0.6 is 11.3 Å². The Kier molecular flexibility index (Phi) is 8.95. The lowest BCUT2D eigenvalue weighted by molar-refractivity contribution is 0.0984. The Morgan fingerprint density at radius 2 is 1.59 bits per heavy atom. The summed E-state index contributed by atoms with van der Waals surface area (Å²) < 4.78 is 23.8. The van der Waals surface area contributed by atoms with E-state index in [0.717, 1.165) is 10.2 Å². The van der Waals surface area contributed by atoms with Crippen molar-refractivity contribution in [3.8, 4) is 23.0 Å². The zero-order valence-electron chi connectivity index (χ0n) is 20.7. The number of amides is 1. The molecule has 0 spiro atoms. The highest BCUT2D eigenvalue weighted by Gasteiger charge is 2.25. The molecule has 2 aromatic carbocycles. The van der Waals surface area contributed by atoms with E-state index in [-0.39, 0.29) is 5.91 Å². The first-order chi connectivity index (χ1) is 16.4. The highest BCUT2D eigenvalue weighted by atomic mass is 32.1. The first-order valence-electron chi connectivity index (χ1n) is 11.4. The van der Waals surface area contributed by atoms with E-state index in [1.54, 1.807) is 24.1 Å². The molecule has 0 aliphatic heterocycles. The van der Waals surface area contributed by atoms with Gasteiger partial charge in [-0.15, -0.1) is 0 Å². The van der Waals surface area contributed by atoms with Gasteiger partial charge in [-0.1, -0.05) is 17.4 Å². The number of methoxy groups -OCH3 is 1. The van der Waals surface area contributed by atoms with Crippen LogP contribution in [0.15, 0.2) is 30.3 Å². The smallest absolute Gasteiger partial charge is 0.260 e. The molecule has 8 nitrogen and oxygen atoms in total. The van der Waals surface area contributed by atoms with Crippen molar-refractivity contribution in [3.05, 3.63) is 35.9 Å². The Bertz CT molecular complexity index is 1090. The molecule has 0 aliphatic rings. The third-order valence-corrected chi connectivity index (χ3v) is 6.04. The fraction of sp³-hybridized carbons (Fsp3) is 0.440. The quantitative estimate of drug-likeness (QED) is 0.366. The molecule has 0 atom stereocenters. The van der Waals surface area contributed by atoms with Crippen molar-refractivity contribution in [3.63, 3.8) is 0 Å². The predicted molar refractivity (Wildman–Crippen MR) is 136 cm³/mol. The molecule has 0 fully saturated rings. The predicted octanol–water partition coefficient (Wildman–Crippen LogP) is 4.71. The number of hydrogen-bond acceptors (Lipinski definition) is 8. The average Bonchev–Trinajstić information content (AvgIpc) is 3.25. The molecule has 1 heterocycles. The maximum Gasteiger partial charge on any atom is 0.260 e. The maximum absolute atomic E-state index is 13.9. The summed E-state index contributed by atoms with van der Waals surface area (Å²) in [5, 5.41) is 0.608. The van der Waals surface area contributed by atoms with Gasteiger partial charge in [0.2, 0.25) is 5.75 Å². The highest BCUT2D eigenvalue weighted by Crippen LogP contribution is 2.40. The molecule has 1 amide bonds. The van der Waals surface area contributed by atoms with Gasteiger partial charge in [-0.3, -0.25) is 9.69 Å². The van der Waals surface area contributed by atoms with E-state index in [0.29, 0.717) is 66.6 Å². The van der Waals surface area contributed by atoms with E-state index in [1.165, 1.54) is 11.3 Å². The average molecular weight is 488 g/mol. The number of benzene rings is 2. The van der Waals surface area contributed by atoms with Crippen molar-refractivity contribution in [2.24, 2.45) is 0 Å². The first kappa shape index (κ1) is 25.6. The molecule has 9 heteroatoms. The molecule has 0 radical (unpaired) electrons. The summed E-state index contributed by atoms with van der Waals surface area (Å²) in [6.45, 7) is 8.15. The normalized spacial score (nSPS) is 11.0. The SMILES string of the molecule is CCOc1cc(C(=O)N(CCN(C)C)c2nc3c(OC)cccc3s2)cc(OCC)c1OCC. The molecule has 184 valence electrons. The van der Waals surface area contributed by atoms with E-state index >= 15 is 0 Å². The van der Waals surface area contributed by atoms with Gasteiger partial charge >= 0.3 is 0 Å². The highest BCUT2D eigenvalue weighted by molar-refractivity contribution is 7.22. The second-order valence-corrected chi connectivity index (χ2v) is 8.67. The number of nitrogens with zero attached hydrogens (tertiary/aromatic N) is 3. The topological polar surface area (TPSA) is 73.4 Å². The van der Waals surface area contributed by atoms with Gasteiger partial charge in [-0.05, 0) is 59.1 Å². The van der Waals surface area contributed by atoms with Crippen molar-refractivity contribution >= 4 is 32.6 Å². The number of thiazole rings is 1. The fourth-order valence-corrected chi connectivity index (χ4v) is 4.45. The van der Waals surface area contributed by atoms with Gasteiger partial charge in [0, 0.05) is 18.7 Å². The molecule has 3 rings (SSSR count). The number of likely N-dealkylation sites (N-methyl/N-ethyl adjacent to an activating group) is 1. The Morgan fingerprint density at radius 1 is 0.941 bits per heavy atom. The van der Waals surface area contributed by atoms with Crippen molar-refractivity contribution < 1.29 is 23.7 Å². The number of anilines is 1. The van der Waals surface area contributed by atoms with Gasteiger partial charge < -0.3 is 23.8 Å². The van der Waals surface area contributed by atoms with Crippen LogP contribution < -0.4 is 23.8 Å². The van der Waals surface area contributed by atoms with Crippen LogP contribution in [0.5, 0.6) is 23.0 Å². The molecule has 3 aromatic rings. The molecule has 0 saturated carbocycles. The number of ether oxygens (including phenoxy) is 4. The second kappa shape index (κ2) is 11.9. The van der Waals surface area contributed by atoms with E-state index < -0.39 is 0 Å². The number of carbonyl (C=O) groups is 1. The van der Waals surface area contributed by atoms with E-state index in [2.05, 4.69) is 0 Å². The Hall–Kier alpha value is -3.04. The van der Waals surface area contributed by atoms with Gasteiger partial charge in [-0.2, -0.15) is 0 Å². The maximum atomic E-state index is 13.9. The summed E-state index contributed by atoms with van der Waals surface area (Å²) in [7, 11) is 5.57. The summed E-state index contributed by atoms with van der Waals surface area (Å²) >= 11 is 1.46. The summed E-state index contributed by atoms with van der Waals surface area (Å²) in [5.41, 5.74) is 1.18. The Balaban J connectivity index is 2.09. The number of aromatic nitrogens is 1. The number of fused-ring (bicyclic) bond motifs is 1. The van der Waals surface area contributed by atoms with Gasteiger partial charge in [-0.25, -0.2) is 4.98 Å². The minimum absolute atomic E-state index is 0.190. The van der Waals surface area contributed by atoms with E-state index in [9.17, 15) is 4.79 Å². The third kappa shape index (κ3) is 5.71. The minimum Gasteiger partial charge on any atom is -0.494 e. The van der Waals surface area contributed by atoms with Gasteiger partial charge in [0.15, 0.2) is 16.6 Å². The van der Waals surface area contributed by atoms with Gasteiger partial charge in [0.05, 0.1) is 31.6 Å².